The Morgan fingerprint density at radius 2 is 1.71 bits per heavy atom. The molecule has 116 valence electrons. The minimum atomic E-state index is -0.773. The van der Waals surface area contributed by atoms with Crippen molar-refractivity contribution in [3.8, 4) is 0 Å². The number of benzene rings is 1. The van der Waals surface area contributed by atoms with Gasteiger partial charge in [0.25, 0.3) is 0 Å². The molecule has 3 heteroatoms. The minimum Gasteiger partial charge on any atom is -0.481 e. The van der Waals surface area contributed by atoms with Gasteiger partial charge in [0.15, 0.2) is 0 Å². The van der Waals surface area contributed by atoms with Crippen LogP contribution >= 0.6 is 0 Å². The van der Waals surface area contributed by atoms with E-state index in [1.807, 2.05) is 12.1 Å². The molecule has 1 aliphatic rings. The van der Waals surface area contributed by atoms with Gasteiger partial charge in [-0.3, -0.25) is 9.69 Å². The number of hydrogen-bond donors (Lipinski definition) is 1. The van der Waals surface area contributed by atoms with E-state index in [1.165, 1.54) is 31.2 Å². The van der Waals surface area contributed by atoms with Crippen LogP contribution in [-0.2, 0) is 17.8 Å². The summed E-state index contributed by atoms with van der Waals surface area (Å²) in [5.41, 5.74) is 2.64. The Labute approximate surface area is 128 Å². The molecule has 0 atom stereocenters. The number of carboxylic acids is 1. The van der Waals surface area contributed by atoms with Gasteiger partial charge in [-0.15, -0.1) is 0 Å². The molecule has 0 aliphatic heterocycles. The third-order valence-corrected chi connectivity index (χ3v) is 4.74. The third kappa shape index (κ3) is 4.85. The summed E-state index contributed by atoms with van der Waals surface area (Å²) in [5, 5.41) is 8.79. The highest BCUT2D eigenvalue weighted by Gasteiger charge is 2.28. The molecule has 0 bridgehead atoms. The quantitative estimate of drug-likeness (QED) is 0.898. The van der Waals surface area contributed by atoms with Crippen LogP contribution in [0.5, 0.6) is 0 Å². The van der Waals surface area contributed by atoms with E-state index >= 15 is 0 Å². The van der Waals surface area contributed by atoms with Crippen molar-refractivity contribution < 1.29 is 9.90 Å². The zero-order valence-corrected chi connectivity index (χ0v) is 13.4. The lowest BCUT2D eigenvalue weighted by atomic mass is 9.75. The molecule has 1 N–H and O–H groups in total. The van der Waals surface area contributed by atoms with Gasteiger partial charge in [0.2, 0.25) is 0 Å². The van der Waals surface area contributed by atoms with Gasteiger partial charge < -0.3 is 5.11 Å². The molecule has 3 nitrogen and oxygen atoms in total. The summed E-state index contributed by atoms with van der Waals surface area (Å²) in [5.74, 6) is -0.773. The van der Waals surface area contributed by atoms with Gasteiger partial charge in [-0.25, -0.2) is 0 Å². The first-order valence-electron chi connectivity index (χ1n) is 7.86. The number of nitrogens with zero attached hydrogens (tertiary/aromatic N) is 1. The lowest BCUT2D eigenvalue weighted by Crippen LogP contribution is -2.36. The van der Waals surface area contributed by atoms with Gasteiger partial charge in [-0.1, -0.05) is 38.1 Å². The van der Waals surface area contributed by atoms with Crippen molar-refractivity contribution in [3.63, 3.8) is 0 Å². The maximum absolute atomic E-state index is 10.7. The average Bonchev–Trinajstić information content (AvgIpc) is 2.40. The predicted octanol–water partition coefficient (Wildman–Crippen LogP) is 3.71. The normalized spacial score (nSPS) is 18.9. The Morgan fingerprint density at radius 1 is 1.19 bits per heavy atom. The van der Waals surface area contributed by atoms with E-state index in [1.54, 1.807) is 0 Å². The molecule has 0 heterocycles. The minimum absolute atomic E-state index is 0.105. The first-order chi connectivity index (χ1) is 9.85. The second kappa shape index (κ2) is 6.61. The van der Waals surface area contributed by atoms with Crippen molar-refractivity contribution in [2.45, 2.75) is 58.5 Å². The fourth-order valence-electron chi connectivity index (χ4n) is 3.18. The molecule has 1 aliphatic carbocycles. The van der Waals surface area contributed by atoms with Crippen molar-refractivity contribution in [2.75, 3.05) is 7.05 Å². The van der Waals surface area contributed by atoms with Crippen LogP contribution in [0.4, 0.5) is 0 Å². The van der Waals surface area contributed by atoms with Gasteiger partial charge >= 0.3 is 5.97 Å². The van der Waals surface area contributed by atoms with E-state index in [0.29, 0.717) is 11.5 Å². The second-order valence-electron chi connectivity index (χ2n) is 7.20. The van der Waals surface area contributed by atoms with Gasteiger partial charge in [-0.05, 0) is 49.3 Å². The van der Waals surface area contributed by atoms with Crippen molar-refractivity contribution in [2.24, 2.45) is 5.41 Å². The zero-order chi connectivity index (χ0) is 15.5. The predicted molar refractivity (Wildman–Crippen MR) is 85.3 cm³/mol. The zero-order valence-electron chi connectivity index (χ0n) is 13.4. The van der Waals surface area contributed by atoms with Crippen LogP contribution in [0.15, 0.2) is 24.3 Å². The molecule has 0 spiro atoms. The smallest absolute Gasteiger partial charge is 0.307 e. The molecule has 1 aromatic rings. The highest BCUT2D eigenvalue weighted by molar-refractivity contribution is 5.70. The lowest BCUT2D eigenvalue weighted by Gasteiger charge is -2.38. The molecular weight excluding hydrogens is 262 g/mol. The van der Waals surface area contributed by atoms with Crippen LogP contribution in [0.3, 0.4) is 0 Å². The standard InChI is InChI=1S/C18H27NO2/c1-18(2)10-8-16(9-11-18)19(3)13-15-6-4-14(5-7-15)12-17(20)21/h4-7,16H,8-13H2,1-3H3,(H,20,21). The number of aliphatic carboxylic acids is 1. The second-order valence-corrected chi connectivity index (χ2v) is 7.20. The Kier molecular flexibility index (Phi) is 5.04. The van der Waals surface area contributed by atoms with Crippen molar-refractivity contribution in [3.05, 3.63) is 35.4 Å². The summed E-state index contributed by atoms with van der Waals surface area (Å²) in [4.78, 5) is 13.1. The number of rotatable bonds is 5. The molecule has 0 aromatic heterocycles. The molecule has 21 heavy (non-hydrogen) atoms. The maximum Gasteiger partial charge on any atom is 0.307 e. The van der Waals surface area contributed by atoms with Crippen molar-refractivity contribution >= 4 is 5.97 Å². The largest absolute Gasteiger partial charge is 0.481 e. The Hall–Kier alpha value is -1.35. The average molecular weight is 289 g/mol. The van der Waals surface area contributed by atoms with E-state index in [-0.39, 0.29) is 6.42 Å². The van der Waals surface area contributed by atoms with Crippen molar-refractivity contribution in [1.29, 1.82) is 0 Å². The van der Waals surface area contributed by atoms with E-state index in [9.17, 15) is 4.79 Å². The fourth-order valence-corrected chi connectivity index (χ4v) is 3.18. The third-order valence-electron chi connectivity index (χ3n) is 4.74. The SMILES string of the molecule is CN(Cc1ccc(CC(=O)O)cc1)C1CCC(C)(C)CC1. The molecule has 2 rings (SSSR count). The van der Waals surface area contributed by atoms with Crippen molar-refractivity contribution in [1.82, 2.24) is 4.90 Å². The molecule has 1 aromatic carbocycles. The highest BCUT2D eigenvalue weighted by atomic mass is 16.4. The Bertz CT molecular complexity index is 468. The topological polar surface area (TPSA) is 40.5 Å². The van der Waals surface area contributed by atoms with Crippen LogP contribution in [-0.4, -0.2) is 29.1 Å². The molecule has 1 fully saturated rings. The Morgan fingerprint density at radius 3 is 2.24 bits per heavy atom. The van der Waals surface area contributed by atoms with E-state index in [2.05, 4.69) is 37.9 Å². The van der Waals surface area contributed by atoms with Gasteiger partial charge in [0.1, 0.15) is 0 Å². The summed E-state index contributed by atoms with van der Waals surface area (Å²) >= 11 is 0. The number of hydrogen-bond acceptors (Lipinski definition) is 2. The summed E-state index contributed by atoms with van der Waals surface area (Å²) in [6.07, 6.45) is 5.27. The summed E-state index contributed by atoms with van der Waals surface area (Å²) in [7, 11) is 2.20. The molecular formula is C18H27NO2. The Balaban J connectivity index is 1.88. The molecule has 0 amide bonds. The van der Waals surface area contributed by atoms with Crippen LogP contribution in [0.25, 0.3) is 0 Å². The fraction of sp³-hybridized carbons (Fsp3) is 0.611. The number of carbonyl (C=O) groups is 1. The van der Waals surface area contributed by atoms with Gasteiger partial charge in [-0.2, -0.15) is 0 Å². The van der Waals surface area contributed by atoms with E-state index < -0.39 is 5.97 Å². The summed E-state index contributed by atoms with van der Waals surface area (Å²) < 4.78 is 0. The van der Waals surface area contributed by atoms with Crippen LogP contribution < -0.4 is 0 Å². The maximum atomic E-state index is 10.7. The summed E-state index contributed by atoms with van der Waals surface area (Å²) in [6.45, 7) is 5.67. The lowest BCUT2D eigenvalue weighted by molar-refractivity contribution is -0.136. The monoisotopic (exact) mass is 289 g/mol. The van der Waals surface area contributed by atoms with Crippen LogP contribution in [0, 0.1) is 5.41 Å². The van der Waals surface area contributed by atoms with E-state index in [0.717, 1.165) is 12.1 Å². The van der Waals surface area contributed by atoms with Crippen LogP contribution in [0.2, 0.25) is 0 Å². The van der Waals surface area contributed by atoms with Gasteiger partial charge in [0.05, 0.1) is 6.42 Å². The van der Waals surface area contributed by atoms with Gasteiger partial charge in [0, 0.05) is 12.6 Å². The first-order valence-corrected chi connectivity index (χ1v) is 7.86. The number of carboxylic acid groups (broad SMARTS) is 1. The molecule has 0 unspecified atom stereocenters. The first kappa shape index (κ1) is 16.0. The molecule has 1 saturated carbocycles. The highest BCUT2D eigenvalue weighted by Crippen LogP contribution is 2.36. The van der Waals surface area contributed by atoms with Crippen LogP contribution in [0.1, 0.15) is 50.7 Å². The summed E-state index contributed by atoms with van der Waals surface area (Å²) in [6, 6.07) is 8.66. The molecule has 0 radical (unpaired) electrons. The van der Waals surface area contributed by atoms with E-state index in [4.69, 9.17) is 5.11 Å². The molecule has 0 saturated heterocycles.